The number of unbranched alkanes of at least 4 members (excludes halogenated alkanes) is 2. The summed E-state index contributed by atoms with van der Waals surface area (Å²) in [7, 11) is -4.53. The fourth-order valence-electron chi connectivity index (χ4n) is 5.63. The smallest absolute Gasteiger partial charge is 0.370 e. The summed E-state index contributed by atoms with van der Waals surface area (Å²) >= 11 is 0. The van der Waals surface area contributed by atoms with Crippen molar-refractivity contribution < 1.29 is 56.1 Å². The second-order valence-electron chi connectivity index (χ2n) is 12.7. The average Bonchev–Trinajstić information content (AvgIpc) is 3.50. The van der Waals surface area contributed by atoms with E-state index in [1.165, 1.54) is 10.8 Å². The highest BCUT2D eigenvalue weighted by Crippen LogP contribution is 2.48. The SMILES string of the molecule is COP(=O)(O)OC1C[C@H](C)O[C@@H]1COP(=O)(O)OCCCCCNC(=O)CCSSCCNC(=O)CCC(=O)N1Cc2ccccc2C#Cc2ccccc21. The van der Waals surface area contributed by atoms with Crippen molar-refractivity contribution in [3.63, 3.8) is 0 Å². The molecule has 2 heterocycles. The van der Waals surface area contributed by atoms with Gasteiger partial charge in [-0.25, -0.2) is 9.13 Å². The molecule has 5 atom stereocenters. The Hall–Kier alpha value is -2.71. The van der Waals surface area contributed by atoms with Crippen LogP contribution in [0.1, 0.15) is 68.6 Å². The fourth-order valence-corrected chi connectivity index (χ4v) is 8.95. The zero-order valence-corrected chi connectivity index (χ0v) is 34.3. The van der Waals surface area contributed by atoms with Crippen LogP contribution in [0, 0.1) is 11.8 Å². The third kappa shape index (κ3) is 16.0. The predicted octanol–water partition coefficient (Wildman–Crippen LogP) is 5.33. The molecule has 15 nitrogen and oxygen atoms in total. The van der Waals surface area contributed by atoms with Crippen molar-refractivity contribution in [1.82, 2.24) is 10.6 Å². The van der Waals surface area contributed by atoms with E-state index in [1.807, 2.05) is 48.5 Å². The third-order valence-electron chi connectivity index (χ3n) is 8.43. The van der Waals surface area contributed by atoms with Gasteiger partial charge in [-0.1, -0.05) is 63.8 Å². The highest BCUT2D eigenvalue weighted by molar-refractivity contribution is 8.76. The number of benzene rings is 2. The molecule has 4 rings (SSSR count). The number of ether oxygens (including phenoxy) is 1. The summed E-state index contributed by atoms with van der Waals surface area (Å²) in [6, 6.07) is 15.3. The Balaban J connectivity index is 0.986. The number of phosphoric acid groups is 2. The lowest BCUT2D eigenvalue weighted by Crippen LogP contribution is -2.33. The van der Waals surface area contributed by atoms with Gasteiger partial charge in [-0.3, -0.25) is 32.5 Å². The van der Waals surface area contributed by atoms with Crippen LogP contribution >= 0.6 is 37.2 Å². The molecule has 0 saturated carbocycles. The Labute approximate surface area is 329 Å². The quantitative estimate of drug-likeness (QED) is 0.0485. The van der Waals surface area contributed by atoms with Crippen LogP contribution in [0.15, 0.2) is 48.5 Å². The molecule has 3 amide bonds. The maximum absolute atomic E-state index is 13.3. The molecule has 0 spiro atoms. The van der Waals surface area contributed by atoms with Crippen LogP contribution in [0.2, 0.25) is 0 Å². The molecule has 55 heavy (non-hydrogen) atoms. The molecule has 0 aliphatic carbocycles. The predicted molar refractivity (Wildman–Crippen MR) is 211 cm³/mol. The van der Waals surface area contributed by atoms with Crippen LogP contribution in [0.3, 0.4) is 0 Å². The van der Waals surface area contributed by atoms with Gasteiger partial charge in [0.25, 0.3) is 0 Å². The number of para-hydroxylation sites is 1. The van der Waals surface area contributed by atoms with Crippen molar-refractivity contribution in [3.05, 3.63) is 65.2 Å². The average molecular weight is 842 g/mol. The standard InChI is InChI=1S/C36H49N3O12P2S2/c1-27-24-32(51-52(43,44)47-2)33(50-27)26-49-53(45,46)48-21-9-3-8-19-37-35(41)18-22-54-55-23-20-38-34(40)16-17-36(42)39-25-30-12-5-4-10-28(30)14-15-29-11-6-7-13-31(29)39/h4-7,10-13,27,32-33H,3,8-9,16-26H2,1-2H3,(H,37,41)(H,38,40)(H,43,44)(H,45,46)/t27-,32?,33+/m0/s1. The molecule has 302 valence electrons. The minimum Gasteiger partial charge on any atom is -0.370 e. The Morgan fingerprint density at radius 1 is 0.873 bits per heavy atom. The molecular weight excluding hydrogens is 792 g/mol. The number of carbonyl (C=O) groups excluding carboxylic acids is 3. The minimum atomic E-state index is -4.39. The van der Waals surface area contributed by atoms with Gasteiger partial charge in [-0.15, -0.1) is 0 Å². The number of anilines is 1. The van der Waals surface area contributed by atoms with Crippen molar-refractivity contribution in [1.29, 1.82) is 0 Å². The van der Waals surface area contributed by atoms with E-state index < -0.39 is 27.9 Å². The van der Waals surface area contributed by atoms with Crippen LogP contribution in [0.4, 0.5) is 5.69 Å². The third-order valence-corrected chi connectivity index (χ3v) is 12.8. The number of hydrogen-bond donors (Lipinski definition) is 4. The van der Waals surface area contributed by atoms with Gasteiger partial charge in [-0.2, -0.15) is 0 Å². The Bertz CT molecular complexity index is 1760. The van der Waals surface area contributed by atoms with Gasteiger partial charge in [0.1, 0.15) is 12.2 Å². The lowest BCUT2D eigenvalue weighted by molar-refractivity contribution is -0.125. The fraction of sp³-hybridized carbons (Fsp3) is 0.528. The van der Waals surface area contributed by atoms with Crippen molar-refractivity contribution in [3.8, 4) is 11.8 Å². The topological polar surface area (TPSA) is 199 Å². The second kappa shape index (κ2) is 22.9. The van der Waals surface area contributed by atoms with Gasteiger partial charge in [0.2, 0.25) is 17.7 Å². The molecule has 0 aromatic heterocycles. The van der Waals surface area contributed by atoms with Crippen LogP contribution in [0.25, 0.3) is 0 Å². The van der Waals surface area contributed by atoms with Crippen LogP contribution in [-0.2, 0) is 52.9 Å². The lowest BCUT2D eigenvalue weighted by Gasteiger charge is -2.26. The summed E-state index contributed by atoms with van der Waals surface area (Å²) in [5.74, 6) is 7.21. The van der Waals surface area contributed by atoms with E-state index in [9.17, 15) is 33.3 Å². The van der Waals surface area contributed by atoms with E-state index in [4.69, 9.17) is 18.3 Å². The first kappa shape index (κ1) is 45.0. The number of nitrogens with one attached hydrogen (secondary N) is 2. The van der Waals surface area contributed by atoms with E-state index >= 15 is 0 Å². The summed E-state index contributed by atoms with van der Waals surface area (Å²) in [6.45, 7) is 2.60. The Morgan fingerprint density at radius 3 is 2.36 bits per heavy atom. The molecule has 1 saturated heterocycles. The van der Waals surface area contributed by atoms with Gasteiger partial charge in [-0.05, 0) is 49.9 Å². The van der Waals surface area contributed by atoms with Crippen molar-refractivity contribution in [2.45, 2.75) is 76.7 Å². The van der Waals surface area contributed by atoms with Crippen LogP contribution in [0.5, 0.6) is 0 Å². The lowest BCUT2D eigenvalue weighted by atomic mass is 10.0. The summed E-state index contributed by atoms with van der Waals surface area (Å²) in [5, 5.41) is 5.72. The first-order valence-corrected chi connectivity index (χ1v) is 23.4. The molecule has 2 aromatic carbocycles. The van der Waals surface area contributed by atoms with Gasteiger partial charge in [0.15, 0.2) is 0 Å². The number of fused-ring (bicyclic) bond motifs is 2. The monoisotopic (exact) mass is 841 g/mol. The number of hydrogen-bond acceptors (Lipinski definition) is 12. The number of nitrogens with zero attached hydrogens (tertiary/aromatic N) is 1. The Kier molecular flexibility index (Phi) is 18.7. The summed E-state index contributed by atoms with van der Waals surface area (Å²) in [4.78, 5) is 59.3. The normalized spacial score (nSPS) is 19.7. The first-order valence-electron chi connectivity index (χ1n) is 18.0. The first-order chi connectivity index (χ1) is 26.4. The van der Waals surface area contributed by atoms with Gasteiger partial charge in [0, 0.05) is 68.5 Å². The molecular formula is C36H49N3O12P2S2. The molecule has 4 N–H and O–H groups in total. The molecule has 0 radical (unpaired) electrons. The van der Waals surface area contributed by atoms with Crippen LogP contribution in [-0.4, -0.2) is 90.7 Å². The summed E-state index contributed by atoms with van der Waals surface area (Å²) < 4.78 is 49.1. The van der Waals surface area contributed by atoms with Gasteiger partial charge >= 0.3 is 15.6 Å². The molecule has 19 heteroatoms. The number of amides is 3. The van der Waals surface area contributed by atoms with E-state index in [-0.39, 0.29) is 56.3 Å². The maximum Gasteiger partial charge on any atom is 0.472 e. The van der Waals surface area contributed by atoms with E-state index in [0.717, 1.165) is 29.5 Å². The number of phosphoric ester groups is 2. The number of rotatable bonds is 23. The zero-order chi connectivity index (χ0) is 39.7. The van der Waals surface area contributed by atoms with Gasteiger partial charge < -0.3 is 30.1 Å². The highest BCUT2D eigenvalue weighted by atomic mass is 33.1. The van der Waals surface area contributed by atoms with Crippen molar-refractivity contribution >= 4 is 60.6 Å². The van der Waals surface area contributed by atoms with E-state index in [2.05, 4.69) is 27.0 Å². The van der Waals surface area contributed by atoms with E-state index in [1.54, 1.807) is 22.6 Å². The van der Waals surface area contributed by atoms with Crippen molar-refractivity contribution in [2.75, 3.05) is 49.8 Å². The van der Waals surface area contributed by atoms with Gasteiger partial charge in [0.05, 0.1) is 31.5 Å². The molecule has 1 fully saturated rings. The van der Waals surface area contributed by atoms with E-state index in [0.29, 0.717) is 56.8 Å². The number of carbonyl (C=O) groups is 3. The zero-order valence-electron chi connectivity index (χ0n) is 30.9. The summed E-state index contributed by atoms with van der Waals surface area (Å²) in [6.07, 6.45) is 0.509. The Morgan fingerprint density at radius 2 is 1.56 bits per heavy atom. The molecule has 3 unspecified atom stereocenters. The van der Waals surface area contributed by atoms with Crippen molar-refractivity contribution in [2.24, 2.45) is 0 Å². The largest absolute Gasteiger partial charge is 0.472 e. The van der Waals surface area contributed by atoms with Crippen LogP contribution < -0.4 is 15.5 Å². The molecule has 2 aliphatic heterocycles. The molecule has 2 aliphatic rings. The minimum absolute atomic E-state index is 0.0371. The maximum atomic E-state index is 13.3. The second-order valence-corrected chi connectivity index (χ2v) is 18.3. The molecule has 2 aromatic rings. The highest BCUT2D eigenvalue weighted by Gasteiger charge is 2.40. The molecule has 0 bridgehead atoms. The summed E-state index contributed by atoms with van der Waals surface area (Å²) in [5.41, 5.74) is 3.34.